The molecule has 0 heterocycles. The van der Waals surface area contributed by atoms with Gasteiger partial charge in [-0.15, -0.1) is 0 Å². The number of hydrogen-bond acceptors (Lipinski definition) is 5. The van der Waals surface area contributed by atoms with E-state index in [0.717, 1.165) is 0 Å². The van der Waals surface area contributed by atoms with E-state index in [1.165, 1.54) is 25.1 Å². The highest BCUT2D eigenvalue weighted by molar-refractivity contribution is 7.91. The lowest BCUT2D eigenvalue weighted by atomic mass is 10.0. The van der Waals surface area contributed by atoms with Gasteiger partial charge in [0.2, 0.25) is 0 Å². The molecule has 10 heteroatoms. The summed E-state index contributed by atoms with van der Waals surface area (Å²) in [6, 6.07) is 9.12. The maximum absolute atomic E-state index is 12.3. The summed E-state index contributed by atoms with van der Waals surface area (Å²) >= 11 is 0. The van der Waals surface area contributed by atoms with Gasteiger partial charge in [0, 0.05) is 12.0 Å². The van der Waals surface area contributed by atoms with E-state index in [1.54, 1.807) is 18.2 Å². The highest BCUT2D eigenvalue weighted by Crippen LogP contribution is 2.27. The average Bonchev–Trinajstić information content (AvgIpc) is 2.53. The van der Waals surface area contributed by atoms with Gasteiger partial charge in [0.15, 0.2) is 0 Å². The average molecular weight is 400 g/mol. The van der Waals surface area contributed by atoms with E-state index in [1.807, 2.05) is 0 Å². The molecule has 0 radical (unpaired) electrons. The molecule has 0 N–H and O–H groups in total. The smallest absolute Gasteiger partial charge is 0.518 e. The molecule has 0 unspecified atom stereocenters. The summed E-state index contributed by atoms with van der Waals surface area (Å²) in [5, 5.41) is 12.7. The minimum Gasteiger partial charge on any atom is -0.861 e. The fourth-order valence-electron chi connectivity index (χ4n) is 2.11. The van der Waals surface area contributed by atoms with E-state index < -0.39 is 33.8 Å². The van der Waals surface area contributed by atoms with Crippen molar-refractivity contribution in [3.05, 3.63) is 54.1 Å². The van der Waals surface area contributed by atoms with Crippen LogP contribution in [0.15, 0.2) is 52.9 Å². The Bertz CT molecular complexity index is 1040. The molecule has 2 aromatic rings. The highest BCUT2D eigenvalue weighted by Gasteiger charge is 2.45. The number of esters is 1. The Morgan fingerprint density at radius 2 is 1.93 bits per heavy atom. The number of nitrogens with zero attached hydrogens (tertiary/aromatic N) is 1. The predicted octanol–water partition coefficient (Wildman–Crippen LogP) is 2.47. The normalized spacial score (nSPS) is 12.8. The van der Waals surface area contributed by atoms with Crippen LogP contribution in [0.4, 0.5) is 13.2 Å². The van der Waals surface area contributed by atoms with Crippen molar-refractivity contribution >= 4 is 32.7 Å². The SMILES string of the molecule is C=C(C)C(=O)Oc1ccc2cccc(CC([O-])=NS(=O)(=O)C(F)(F)F)c2c1. The summed E-state index contributed by atoms with van der Waals surface area (Å²) in [6.07, 6.45) is -0.676. The summed E-state index contributed by atoms with van der Waals surface area (Å²) in [6.45, 7) is 4.90. The maximum Gasteiger partial charge on any atom is 0.518 e. The molecule has 0 aliphatic heterocycles. The zero-order valence-electron chi connectivity index (χ0n) is 13.9. The predicted molar refractivity (Wildman–Crippen MR) is 90.5 cm³/mol. The monoisotopic (exact) mass is 400 g/mol. The van der Waals surface area contributed by atoms with Gasteiger partial charge in [0.05, 0.1) is 0 Å². The third kappa shape index (κ3) is 4.85. The van der Waals surface area contributed by atoms with Gasteiger partial charge >= 0.3 is 21.5 Å². The lowest BCUT2D eigenvalue weighted by molar-refractivity contribution is -0.217. The van der Waals surface area contributed by atoms with Crippen LogP contribution < -0.4 is 9.84 Å². The third-order valence-electron chi connectivity index (χ3n) is 3.36. The lowest BCUT2D eigenvalue weighted by Crippen LogP contribution is -2.27. The van der Waals surface area contributed by atoms with Crippen LogP contribution in [0, 0.1) is 0 Å². The number of carbonyl (C=O) groups excluding carboxylic acids is 1. The fourth-order valence-corrected chi connectivity index (χ4v) is 2.55. The molecule has 0 fully saturated rings. The molecule has 27 heavy (non-hydrogen) atoms. The first-order valence-electron chi connectivity index (χ1n) is 7.37. The molecule has 0 saturated heterocycles. The Kier molecular flexibility index (Phi) is 5.59. The van der Waals surface area contributed by atoms with Crippen molar-refractivity contribution in [3.8, 4) is 5.75 Å². The molecular weight excluding hydrogens is 387 g/mol. The number of halogens is 3. The number of hydrogen-bond donors (Lipinski definition) is 0. The second-order valence-electron chi connectivity index (χ2n) is 5.55. The fraction of sp³-hybridized carbons (Fsp3) is 0.176. The quantitative estimate of drug-likeness (QED) is 0.253. The Morgan fingerprint density at radius 3 is 2.52 bits per heavy atom. The van der Waals surface area contributed by atoms with Crippen LogP contribution in [0.2, 0.25) is 0 Å². The highest BCUT2D eigenvalue weighted by atomic mass is 32.2. The first-order chi connectivity index (χ1) is 12.4. The minimum absolute atomic E-state index is 0.134. The molecule has 2 aromatic carbocycles. The molecule has 0 aliphatic carbocycles. The van der Waals surface area contributed by atoms with E-state index in [-0.39, 0.29) is 16.9 Å². The molecule has 0 atom stereocenters. The van der Waals surface area contributed by atoms with Crippen LogP contribution in [0.1, 0.15) is 12.5 Å². The van der Waals surface area contributed by atoms with Gasteiger partial charge in [-0.2, -0.15) is 26.0 Å². The first-order valence-corrected chi connectivity index (χ1v) is 8.81. The van der Waals surface area contributed by atoms with Gasteiger partial charge in [-0.05, 0) is 41.3 Å². The number of alkyl halides is 3. The van der Waals surface area contributed by atoms with Crippen molar-refractivity contribution in [1.82, 2.24) is 0 Å². The Morgan fingerprint density at radius 1 is 1.26 bits per heavy atom. The van der Waals surface area contributed by atoms with Crippen molar-refractivity contribution in [2.75, 3.05) is 0 Å². The topological polar surface area (TPSA) is 95.9 Å². The second kappa shape index (κ2) is 7.39. The largest absolute Gasteiger partial charge is 0.861 e. The van der Waals surface area contributed by atoms with Crippen LogP contribution in [0.3, 0.4) is 0 Å². The Hall–Kier alpha value is -2.88. The maximum atomic E-state index is 12.3. The van der Waals surface area contributed by atoms with Gasteiger partial charge in [0.25, 0.3) is 0 Å². The molecule has 2 rings (SSSR count). The van der Waals surface area contributed by atoms with Gasteiger partial charge in [-0.25, -0.2) is 4.79 Å². The van der Waals surface area contributed by atoms with E-state index >= 15 is 0 Å². The molecule has 0 saturated carbocycles. The van der Waals surface area contributed by atoms with Crippen molar-refractivity contribution in [2.45, 2.75) is 18.9 Å². The summed E-state index contributed by atoms with van der Waals surface area (Å²) < 4.78 is 66.3. The number of rotatable bonds is 5. The van der Waals surface area contributed by atoms with Crippen LogP contribution in [0.5, 0.6) is 5.75 Å². The van der Waals surface area contributed by atoms with E-state index in [9.17, 15) is 31.5 Å². The van der Waals surface area contributed by atoms with Crippen molar-refractivity contribution < 1.29 is 36.2 Å². The molecular formula is C17H13F3NO5S-. The lowest BCUT2D eigenvalue weighted by Gasteiger charge is -2.14. The Labute approximate surface area is 152 Å². The third-order valence-corrected chi connectivity index (χ3v) is 4.39. The molecule has 0 aromatic heterocycles. The molecule has 0 aliphatic rings. The molecule has 144 valence electrons. The van der Waals surface area contributed by atoms with Gasteiger partial charge < -0.3 is 9.84 Å². The molecule has 0 bridgehead atoms. The molecule has 0 spiro atoms. The first kappa shape index (κ1) is 20.4. The van der Waals surface area contributed by atoms with E-state index in [2.05, 4.69) is 11.0 Å². The van der Waals surface area contributed by atoms with Gasteiger partial charge in [-0.3, -0.25) is 0 Å². The zero-order valence-corrected chi connectivity index (χ0v) is 14.7. The molecule has 6 nitrogen and oxygen atoms in total. The van der Waals surface area contributed by atoms with E-state index in [4.69, 9.17) is 4.74 Å². The summed E-state index contributed by atoms with van der Waals surface area (Å²) in [4.78, 5) is 11.6. The summed E-state index contributed by atoms with van der Waals surface area (Å²) in [5.74, 6) is -2.01. The number of benzene rings is 2. The number of carbonyl (C=O) groups is 1. The van der Waals surface area contributed by atoms with Crippen LogP contribution in [0.25, 0.3) is 10.8 Å². The van der Waals surface area contributed by atoms with Crippen LogP contribution >= 0.6 is 0 Å². The standard InChI is InChI=1S/C17H14F3NO5S/c1-10(2)16(23)26-13-7-6-11-4-3-5-12(14(11)9-13)8-15(22)21-27(24,25)17(18,19)20/h3-7,9H,1,8H2,2H3,(H,21,22)/p-1. The van der Waals surface area contributed by atoms with Gasteiger partial charge in [0.1, 0.15) is 5.75 Å². The summed E-state index contributed by atoms with van der Waals surface area (Å²) in [5.41, 5.74) is -5.26. The number of fused-ring (bicyclic) bond motifs is 1. The zero-order chi connectivity index (χ0) is 20.4. The van der Waals surface area contributed by atoms with Crippen molar-refractivity contribution in [3.63, 3.8) is 0 Å². The van der Waals surface area contributed by atoms with Crippen molar-refractivity contribution in [1.29, 1.82) is 0 Å². The Balaban J connectivity index is 2.41. The van der Waals surface area contributed by atoms with E-state index in [0.29, 0.717) is 10.8 Å². The number of ether oxygens (including phenoxy) is 1. The van der Waals surface area contributed by atoms with Crippen LogP contribution in [-0.2, 0) is 21.2 Å². The van der Waals surface area contributed by atoms with Gasteiger partial charge in [-0.1, -0.05) is 30.8 Å². The van der Waals surface area contributed by atoms with Crippen LogP contribution in [-0.4, -0.2) is 25.8 Å². The molecule has 0 amide bonds. The van der Waals surface area contributed by atoms with Crippen molar-refractivity contribution in [2.24, 2.45) is 4.40 Å². The second-order valence-corrected chi connectivity index (χ2v) is 7.15. The number of sulfonamides is 1. The summed E-state index contributed by atoms with van der Waals surface area (Å²) in [7, 11) is -5.91. The minimum atomic E-state index is -5.91.